The first-order valence-corrected chi connectivity index (χ1v) is 5.03. The van der Waals surface area contributed by atoms with Crippen LogP contribution in [0.15, 0.2) is 24.3 Å². The van der Waals surface area contributed by atoms with Crippen molar-refractivity contribution in [2.45, 2.75) is 13.3 Å². The number of benzene rings is 1. The van der Waals surface area contributed by atoms with Gasteiger partial charge in [0.2, 0.25) is 6.29 Å². The molecule has 16 heavy (non-hydrogen) atoms. The molecule has 0 unspecified atom stereocenters. The van der Waals surface area contributed by atoms with E-state index in [0.29, 0.717) is 17.9 Å². The molecule has 1 aromatic rings. The Labute approximate surface area is 94.2 Å². The second-order valence-corrected chi connectivity index (χ2v) is 3.11. The molecule has 0 aliphatic rings. The predicted octanol–water partition coefficient (Wildman–Crippen LogP) is 1.48. The van der Waals surface area contributed by atoms with E-state index < -0.39 is 5.97 Å². The number of para-hydroxylation sites is 1. The van der Waals surface area contributed by atoms with Crippen molar-refractivity contribution in [2.24, 2.45) is 0 Å². The Morgan fingerprint density at radius 1 is 1.38 bits per heavy atom. The normalized spacial score (nSPS) is 9.56. The highest BCUT2D eigenvalue weighted by Crippen LogP contribution is 2.15. The molecule has 4 nitrogen and oxygen atoms in total. The quantitative estimate of drug-likeness (QED) is 0.683. The average Bonchev–Trinajstić information content (AvgIpc) is 2.34. The zero-order valence-electron chi connectivity index (χ0n) is 9.06. The molecule has 0 fully saturated rings. The van der Waals surface area contributed by atoms with Gasteiger partial charge in [-0.1, -0.05) is 19.1 Å². The number of esters is 1. The van der Waals surface area contributed by atoms with Gasteiger partial charge in [-0.25, -0.2) is 4.79 Å². The van der Waals surface area contributed by atoms with Crippen LogP contribution in [0.1, 0.15) is 18.9 Å². The maximum absolute atomic E-state index is 11.1. The van der Waals surface area contributed by atoms with E-state index in [2.05, 4.69) is 0 Å². The van der Waals surface area contributed by atoms with Gasteiger partial charge in [0, 0.05) is 0 Å². The summed E-state index contributed by atoms with van der Waals surface area (Å²) < 4.78 is 9.97. The number of carbonyl (C=O) groups is 1. The molecular formula is C12H13O4. The van der Waals surface area contributed by atoms with Gasteiger partial charge in [-0.3, -0.25) is 4.79 Å². The largest absolute Gasteiger partial charge is 0.481 e. The second-order valence-electron chi connectivity index (χ2n) is 3.11. The van der Waals surface area contributed by atoms with Crippen LogP contribution >= 0.6 is 0 Å². The summed E-state index contributed by atoms with van der Waals surface area (Å²) in [7, 11) is 0. The van der Waals surface area contributed by atoms with Crippen LogP contribution < -0.4 is 4.74 Å². The van der Waals surface area contributed by atoms with Crippen LogP contribution in [0.2, 0.25) is 0 Å². The van der Waals surface area contributed by atoms with E-state index in [9.17, 15) is 9.59 Å². The van der Waals surface area contributed by atoms with Crippen molar-refractivity contribution in [3.8, 4) is 5.75 Å². The summed E-state index contributed by atoms with van der Waals surface area (Å²) in [5, 5.41) is 0. The Morgan fingerprint density at radius 2 is 2.12 bits per heavy atom. The van der Waals surface area contributed by atoms with Gasteiger partial charge in [-0.2, -0.15) is 0 Å². The monoisotopic (exact) mass is 221 g/mol. The predicted molar refractivity (Wildman–Crippen MR) is 58.0 cm³/mol. The van der Waals surface area contributed by atoms with Gasteiger partial charge in [0.1, 0.15) is 5.75 Å². The molecule has 0 atom stereocenters. The lowest BCUT2D eigenvalue weighted by atomic mass is 10.2. The number of ether oxygens (including phenoxy) is 2. The molecule has 0 spiro atoms. The highest BCUT2D eigenvalue weighted by molar-refractivity contribution is 5.80. The molecule has 1 radical (unpaired) electrons. The van der Waals surface area contributed by atoms with Crippen molar-refractivity contribution in [3.63, 3.8) is 0 Å². The molecular weight excluding hydrogens is 208 g/mol. The van der Waals surface area contributed by atoms with Crippen molar-refractivity contribution in [1.82, 2.24) is 0 Å². The second kappa shape index (κ2) is 6.61. The summed E-state index contributed by atoms with van der Waals surface area (Å²) in [5.74, 6) is -0.103. The minimum atomic E-state index is -0.442. The Balaban J connectivity index is 2.47. The fraction of sp³-hybridized carbons (Fsp3) is 0.333. The lowest BCUT2D eigenvalue weighted by molar-refractivity contribution is -0.146. The van der Waals surface area contributed by atoms with Crippen molar-refractivity contribution < 1.29 is 19.1 Å². The third-order valence-electron chi connectivity index (χ3n) is 1.81. The molecule has 85 valence electrons. The molecule has 0 heterocycles. The summed E-state index contributed by atoms with van der Waals surface area (Å²) in [4.78, 5) is 21.7. The highest BCUT2D eigenvalue weighted by atomic mass is 16.6. The van der Waals surface area contributed by atoms with Crippen LogP contribution in [0.25, 0.3) is 0 Å². The number of rotatable bonds is 6. The van der Waals surface area contributed by atoms with E-state index in [4.69, 9.17) is 9.47 Å². The molecule has 0 aliphatic carbocycles. The molecule has 0 N–H and O–H groups in total. The topological polar surface area (TPSA) is 52.6 Å². The Kier molecular flexibility index (Phi) is 5.05. The first-order chi connectivity index (χ1) is 7.77. The summed E-state index contributed by atoms with van der Waals surface area (Å²) in [6.07, 6.45) is 2.50. The van der Waals surface area contributed by atoms with Crippen molar-refractivity contribution in [3.05, 3.63) is 29.8 Å². The lowest BCUT2D eigenvalue weighted by Crippen LogP contribution is -2.15. The minimum Gasteiger partial charge on any atom is -0.481 e. The molecule has 0 bridgehead atoms. The van der Waals surface area contributed by atoms with Gasteiger partial charge < -0.3 is 9.47 Å². The van der Waals surface area contributed by atoms with E-state index in [1.807, 2.05) is 6.92 Å². The van der Waals surface area contributed by atoms with Crippen molar-refractivity contribution in [2.75, 3.05) is 13.2 Å². The van der Waals surface area contributed by atoms with Crippen LogP contribution in [0.5, 0.6) is 5.75 Å². The van der Waals surface area contributed by atoms with Crippen LogP contribution in [0.3, 0.4) is 0 Å². The Morgan fingerprint density at radius 3 is 2.81 bits per heavy atom. The first-order valence-electron chi connectivity index (χ1n) is 5.03. The fourth-order valence-electron chi connectivity index (χ4n) is 1.07. The van der Waals surface area contributed by atoms with Crippen LogP contribution in [-0.4, -0.2) is 25.5 Å². The summed E-state index contributed by atoms with van der Waals surface area (Å²) in [6.45, 7) is 2.09. The summed E-state index contributed by atoms with van der Waals surface area (Å²) in [6, 6.07) is 6.59. The lowest BCUT2D eigenvalue weighted by Gasteiger charge is -2.07. The molecule has 4 heteroatoms. The molecule has 0 saturated heterocycles. The van der Waals surface area contributed by atoms with Gasteiger partial charge in [0.25, 0.3) is 0 Å². The van der Waals surface area contributed by atoms with Gasteiger partial charge in [-0.05, 0) is 18.6 Å². The Bertz CT molecular complexity index is 360. The van der Waals surface area contributed by atoms with E-state index in [0.717, 1.165) is 6.42 Å². The van der Waals surface area contributed by atoms with Crippen LogP contribution in [0, 0.1) is 0 Å². The maximum atomic E-state index is 11.1. The molecule has 0 amide bonds. The molecule has 0 saturated carbocycles. The van der Waals surface area contributed by atoms with E-state index in [1.54, 1.807) is 30.6 Å². The molecule has 0 aliphatic heterocycles. The van der Waals surface area contributed by atoms with Gasteiger partial charge in [-0.15, -0.1) is 0 Å². The van der Waals surface area contributed by atoms with Gasteiger partial charge in [0.05, 0.1) is 12.2 Å². The van der Waals surface area contributed by atoms with Crippen molar-refractivity contribution >= 4 is 12.3 Å². The van der Waals surface area contributed by atoms with Crippen LogP contribution in [-0.2, 0) is 14.3 Å². The van der Waals surface area contributed by atoms with E-state index >= 15 is 0 Å². The SMILES string of the molecule is CCCOC(=O)COc1ccccc1[C]=O. The molecule has 1 rings (SSSR count). The number of hydrogen-bond donors (Lipinski definition) is 0. The maximum Gasteiger partial charge on any atom is 0.344 e. The molecule has 1 aromatic carbocycles. The highest BCUT2D eigenvalue weighted by Gasteiger charge is 2.06. The number of hydrogen-bond acceptors (Lipinski definition) is 4. The summed E-state index contributed by atoms with van der Waals surface area (Å²) >= 11 is 0. The van der Waals surface area contributed by atoms with Gasteiger partial charge >= 0.3 is 5.97 Å². The van der Waals surface area contributed by atoms with Crippen molar-refractivity contribution in [1.29, 1.82) is 0 Å². The van der Waals surface area contributed by atoms with E-state index in [1.165, 1.54) is 0 Å². The standard InChI is InChI=1S/C12H13O4/c1-2-7-15-12(14)9-16-11-6-4-3-5-10(11)8-13/h3-6H,2,7,9H2,1H3. The minimum absolute atomic E-state index is 0.196. The van der Waals surface area contributed by atoms with Gasteiger partial charge in [0.15, 0.2) is 6.61 Å². The third-order valence-corrected chi connectivity index (χ3v) is 1.81. The smallest absolute Gasteiger partial charge is 0.344 e. The Hall–Kier alpha value is -1.84. The average molecular weight is 221 g/mol. The zero-order valence-corrected chi connectivity index (χ0v) is 9.06. The van der Waals surface area contributed by atoms with E-state index in [-0.39, 0.29) is 6.61 Å². The zero-order chi connectivity index (χ0) is 11.8. The fourth-order valence-corrected chi connectivity index (χ4v) is 1.07. The first kappa shape index (κ1) is 12.2. The molecule has 0 aromatic heterocycles. The van der Waals surface area contributed by atoms with Crippen LogP contribution in [0.4, 0.5) is 0 Å². The summed E-state index contributed by atoms with van der Waals surface area (Å²) in [5.41, 5.74) is 0.297. The third kappa shape index (κ3) is 3.73. The number of carbonyl (C=O) groups excluding carboxylic acids is 2.